The first-order valence-electron chi connectivity index (χ1n) is 5.01. The molecule has 1 aliphatic heterocycles. The third-order valence-electron chi connectivity index (χ3n) is 2.83. The first-order valence-corrected chi connectivity index (χ1v) is 5.01. The molecule has 1 saturated heterocycles. The Bertz CT molecular complexity index is 203. The third-order valence-corrected chi connectivity index (χ3v) is 2.83. The molecule has 0 aromatic rings. The molecule has 0 aromatic carbocycles. The van der Waals surface area contributed by atoms with Crippen molar-refractivity contribution in [3.63, 3.8) is 0 Å². The van der Waals surface area contributed by atoms with E-state index in [1.807, 2.05) is 0 Å². The van der Waals surface area contributed by atoms with E-state index in [-0.39, 0.29) is 0 Å². The van der Waals surface area contributed by atoms with E-state index in [0.29, 0.717) is 0 Å². The van der Waals surface area contributed by atoms with Gasteiger partial charge in [-0.15, -0.1) is 0 Å². The summed E-state index contributed by atoms with van der Waals surface area (Å²) in [6.45, 7) is 2.38. The summed E-state index contributed by atoms with van der Waals surface area (Å²) in [6, 6.07) is 0. The monoisotopic (exact) mass is 163 g/mol. The van der Waals surface area contributed by atoms with Gasteiger partial charge in [0.25, 0.3) is 0 Å². The van der Waals surface area contributed by atoms with Gasteiger partial charge in [0.1, 0.15) is 0 Å². The fourth-order valence-corrected chi connectivity index (χ4v) is 2.09. The van der Waals surface area contributed by atoms with Crippen molar-refractivity contribution >= 4 is 0 Å². The van der Waals surface area contributed by atoms with Gasteiger partial charge in [-0.25, -0.2) is 0 Å². The summed E-state index contributed by atoms with van der Waals surface area (Å²) < 4.78 is 0. The first kappa shape index (κ1) is 8.06. The number of piperidine rings is 1. The lowest BCUT2D eigenvalue weighted by atomic mass is 9.88. The maximum atomic E-state index is 3.46. The van der Waals surface area contributed by atoms with Gasteiger partial charge in [-0.05, 0) is 38.1 Å². The molecular weight excluding hydrogens is 146 g/mol. The predicted molar refractivity (Wildman–Crippen MR) is 52.1 cm³/mol. The van der Waals surface area contributed by atoms with E-state index in [1.54, 1.807) is 5.57 Å². The molecule has 1 fully saturated rings. The minimum atomic E-state index is 0.801. The van der Waals surface area contributed by atoms with Gasteiger partial charge >= 0.3 is 0 Å². The highest BCUT2D eigenvalue weighted by Crippen LogP contribution is 2.24. The maximum absolute atomic E-state index is 3.46. The van der Waals surface area contributed by atoms with Crippen LogP contribution >= 0.6 is 0 Å². The fourth-order valence-electron chi connectivity index (χ4n) is 2.09. The summed E-state index contributed by atoms with van der Waals surface area (Å²) in [4.78, 5) is 0. The first-order chi connectivity index (χ1) is 5.97. The van der Waals surface area contributed by atoms with Crippen molar-refractivity contribution in [2.45, 2.75) is 25.7 Å². The van der Waals surface area contributed by atoms with Crippen LogP contribution < -0.4 is 5.32 Å². The van der Waals surface area contributed by atoms with Crippen molar-refractivity contribution in [2.24, 2.45) is 5.92 Å². The molecular formula is C11H17N. The normalized spacial score (nSPS) is 30.0. The molecule has 1 atom stereocenters. The number of fused-ring (bicyclic) bond motifs is 1. The van der Waals surface area contributed by atoms with Crippen LogP contribution in [0.15, 0.2) is 23.8 Å². The van der Waals surface area contributed by atoms with E-state index in [2.05, 4.69) is 23.5 Å². The summed E-state index contributed by atoms with van der Waals surface area (Å²) in [5.74, 6) is 0.801. The lowest BCUT2D eigenvalue weighted by Gasteiger charge is -2.26. The van der Waals surface area contributed by atoms with E-state index in [0.717, 1.165) is 5.92 Å². The van der Waals surface area contributed by atoms with Gasteiger partial charge in [0.15, 0.2) is 0 Å². The van der Waals surface area contributed by atoms with Crippen LogP contribution in [0, 0.1) is 5.92 Å². The second kappa shape index (κ2) is 3.90. The van der Waals surface area contributed by atoms with Gasteiger partial charge in [-0.3, -0.25) is 0 Å². The molecule has 1 unspecified atom stereocenters. The van der Waals surface area contributed by atoms with Gasteiger partial charge in [-0.1, -0.05) is 23.8 Å². The molecule has 0 amide bonds. The van der Waals surface area contributed by atoms with Crippen molar-refractivity contribution in [3.05, 3.63) is 23.8 Å². The topological polar surface area (TPSA) is 12.0 Å². The van der Waals surface area contributed by atoms with Gasteiger partial charge in [-0.2, -0.15) is 0 Å². The Hall–Kier alpha value is -0.560. The van der Waals surface area contributed by atoms with Crippen molar-refractivity contribution in [2.75, 3.05) is 13.1 Å². The Balaban J connectivity index is 2.07. The average molecular weight is 163 g/mol. The molecule has 1 heterocycles. The highest BCUT2D eigenvalue weighted by atomic mass is 14.9. The second-order valence-corrected chi connectivity index (χ2v) is 3.71. The molecule has 2 aliphatic rings. The van der Waals surface area contributed by atoms with Crippen LogP contribution in [0.25, 0.3) is 0 Å². The largest absolute Gasteiger partial charge is 0.316 e. The molecule has 1 heteroatoms. The zero-order valence-corrected chi connectivity index (χ0v) is 7.55. The smallest absolute Gasteiger partial charge is 0.00200 e. The van der Waals surface area contributed by atoms with Crippen molar-refractivity contribution in [1.82, 2.24) is 5.32 Å². The third kappa shape index (κ3) is 1.78. The zero-order valence-electron chi connectivity index (χ0n) is 7.55. The SMILES string of the molecule is C1=CCC2CNCCC2=CCC1. The molecule has 0 radical (unpaired) electrons. The molecule has 1 N–H and O–H groups in total. The van der Waals surface area contributed by atoms with Crippen molar-refractivity contribution in [1.29, 1.82) is 0 Å². The Morgan fingerprint density at radius 2 is 2.25 bits per heavy atom. The van der Waals surface area contributed by atoms with E-state index in [9.17, 15) is 0 Å². The summed E-state index contributed by atoms with van der Waals surface area (Å²) in [5, 5.41) is 3.46. The molecule has 0 saturated carbocycles. The maximum Gasteiger partial charge on any atom is 0.00200 e. The number of nitrogens with one attached hydrogen (secondary N) is 1. The van der Waals surface area contributed by atoms with Crippen LogP contribution in [0.3, 0.4) is 0 Å². The molecule has 2 rings (SSSR count). The highest BCUT2D eigenvalue weighted by Gasteiger charge is 2.16. The van der Waals surface area contributed by atoms with Crippen LogP contribution in [-0.2, 0) is 0 Å². The highest BCUT2D eigenvalue weighted by molar-refractivity contribution is 5.14. The van der Waals surface area contributed by atoms with E-state index in [1.165, 1.54) is 38.8 Å². The number of allylic oxidation sites excluding steroid dienone is 3. The Morgan fingerprint density at radius 1 is 1.25 bits per heavy atom. The molecule has 0 aromatic heterocycles. The molecule has 0 spiro atoms. The lowest BCUT2D eigenvalue weighted by Crippen LogP contribution is -2.31. The number of rotatable bonds is 0. The molecule has 66 valence electrons. The van der Waals surface area contributed by atoms with Gasteiger partial charge < -0.3 is 5.32 Å². The van der Waals surface area contributed by atoms with Gasteiger partial charge in [0, 0.05) is 6.54 Å². The quantitative estimate of drug-likeness (QED) is 0.540. The Kier molecular flexibility index (Phi) is 2.62. The van der Waals surface area contributed by atoms with Crippen molar-refractivity contribution < 1.29 is 0 Å². The predicted octanol–water partition coefficient (Wildman–Crippen LogP) is 2.26. The standard InChI is InChI=1S/C11H17N/c1-2-4-6-11-9-12-8-7-10(11)5-3-1/h2,4-5,11-12H,1,3,6-9H2. The zero-order chi connectivity index (χ0) is 8.23. The summed E-state index contributed by atoms with van der Waals surface area (Å²) in [7, 11) is 0. The van der Waals surface area contributed by atoms with Gasteiger partial charge in [0.05, 0.1) is 0 Å². The summed E-state index contributed by atoms with van der Waals surface area (Å²) in [5.41, 5.74) is 1.71. The summed E-state index contributed by atoms with van der Waals surface area (Å²) in [6.07, 6.45) is 12.2. The number of hydrogen-bond donors (Lipinski definition) is 1. The summed E-state index contributed by atoms with van der Waals surface area (Å²) >= 11 is 0. The minimum Gasteiger partial charge on any atom is -0.316 e. The molecule has 1 aliphatic carbocycles. The van der Waals surface area contributed by atoms with E-state index >= 15 is 0 Å². The van der Waals surface area contributed by atoms with Crippen LogP contribution in [-0.4, -0.2) is 13.1 Å². The van der Waals surface area contributed by atoms with Crippen LogP contribution in [0.5, 0.6) is 0 Å². The van der Waals surface area contributed by atoms with Crippen LogP contribution in [0.4, 0.5) is 0 Å². The average Bonchev–Trinajstić information content (AvgIpc) is 2.06. The lowest BCUT2D eigenvalue weighted by molar-refractivity contribution is 0.471. The number of hydrogen-bond acceptors (Lipinski definition) is 1. The molecule has 1 nitrogen and oxygen atoms in total. The Labute approximate surface area is 74.5 Å². The second-order valence-electron chi connectivity index (χ2n) is 3.71. The van der Waals surface area contributed by atoms with Crippen LogP contribution in [0.1, 0.15) is 25.7 Å². The fraction of sp³-hybridized carbons (Fsp3) is 0.636. The van der Waals surface area contributed by atoms with Gasteiger partial charge in [0.2, 0.25) is 0 Å². The Morgan fingerprint density at radius 3 is 3.25 bits per heavy atom. The van der Waals surface area contributed by atoms with E-state index in [4.69, 9.17) is 0 Å². The minimum absolute atomic E-state index is 0.801. The molecule has 12 heavy (non-hydrogen) atoms. The van der Waals surface area contributed by atoms with E-state index < -0.39 is 0 Å². The molecule has 0 bridgehead atoms. The van der Waals surface area contributed by atoms with Crippen molar-refractivity contribution in [3.8, 4) is 0 Å². The van der Waals surface area contributed by atoms with Crippen LogP contribution in [0.2, 0.25) is 0 Å².